The van der Waals surface area contributed by atoms with Crippen molar-refractivity contribution in [2.24, 2.45) is 0 Å². The maximum atomic E-state index is 12.5. The molecule has 5 nitrogen and oxygen atoms in total. The van der Waals surface area contributed by atoms with Crippen molar-refractivity contribution in [3.8, 4) is 11.1 Å². The number of carboxylic acid groups (broad SMARTS) is 1. The van der Waals surface area contributed by atoms with E-state index in [9.17, 15) is 13.2 Å². The Morgan fingerprint density at radius 3 is 2.12 bits per heavy atom. The lowest BCUT2D eigenvalue weighted by Crippen LogP contribution is -2.14. The maximum Gasteiger partial charge on any atom is 0.335 e. The lowest BCUT2D eigenvalue weighted by Gasteiger charge is -2.10. The van der Waals surface area contributed by atoms with E-state index in [-0.39, 0.29) is 10.5 Å². The summed E-state index contributed by atoms with van der Waals surface area (Å²) in [5, 5.41) is 9.17. The Morgan fingerprint density at radius 1 is 0.885 bits per heavy atom. The van der Waals surface area contributed by atoms with E-state index < -0.39 is 16.0 Å². The summed E-state index contributed by atoms with van der Waals surface area (Å²) >= 11 is 0. The minimum Gasteiger partial charge on any atom is -0.478 e. The van der Waals surface area contributed by atoms with Gasteiger partial charge in [0.05, 0.1) is 10.5 Å². The van der Waals surface area contributed by atoms with Gasteiger partial charge in [0.25, 0.3) is 10.0 Å². The fraction of sp³-hybridized carbons (Fsp3) is 0.0500. The van der Waals surface area contributed by atoms with Gasteiger partial charge in [-0.2, -0.15) is 0 Å². The smallest absolute Gasteiger partial charge is 0.335 e. The predicted molar refractivity (Wildman–Crippen MR) is 101 cm³/mol. The van der Waals surface area contributed by atoms with Gasteiger partial charge in [-0.1, -0.05) is 48.5 Å². The van der Waals surface area contributed by atoms with Crippen molar-refractivity contribution in [2.75, 3.05) is 4.72 Å². The molecule has 0 fully saturated rings. The topological polar surface area (TPSA) is 83.5 Å². The molecule has 0 aliphatic heterocycles. The van der Waals surface area contributed by atoms with Crippen LogP contribution < -0.4 is 4.72 Å². The minimum atomic E-state index is -3.88. The first kappa shape index (κ1) is 17.7. The normalized spacial score (nSPS) is 11.1. The van der Waals surface area contributed by atoms with E-state index in [0.29, 0.717) is 11.3 Å². The largest absolute Gasteiger partial charge is 0.478 e. The molecular formula is C20H17NO4S. The number of carbonyl (C=O) groups is 1. The Bertz CT molecular complexity index is 1040. The van der Waals surface area contributed by atoms with Gasteiger partial charge in [0, 0.05) is 5.69 Å². The van der Waals surface area contributed by atoms with Crippen molar-refractivity contribution < 1.29 is 18.3 Å². The molecule has 3 aromatic rings. The standard InChI is InChI=1S/C20H17NO4S/c1-14-7-12-18(13-19(14)20(22)23)26(24,25)21-17-10-8-16(9-11-17)15-5-3-2-4-6-15/h2-13,21H,1H3,(H,22,23). The second kappa shape index (κ2) is 7.01. The maximum absolute atomic E-state index is 12.5. The van der Waals surface area contributed by atoms with Crippen LogP contribution in [0, 0.1) is 6.92 Å². The number of rotatable bonds is 5. The fourth-order valence-electron chi connectivity index (χ4n) is 2.57. The third kappa shape index (κ3) is 3.75. The SMILES string of the molecule is Cc1ccc(S(=O)(=O)Nc2ccc(-c3ccccc3)cc2)cc1C(=O)O. The molecule has 2 N–H and O–H groups in total. The quantitative estimate of drug-likeness (QED) is 0.709. The number of nitrogens with one attached hydrogen (secondary N) is 1. The molecule has 3 rings (SSSR count). The van der Waals surface area contributed by atoms with Crippen LogP contribution in [0.4, 0.5) is 5.69 Å². The second-order valence-electron chi connectivity index (χ2n) is 5.83. The van der Waals surface area contributed by atoms with Crippen LogP contribution in [0.5, 0.6) is 0 Å². The fourth-order valence-corrected chi connectivity index (χ4v) is 3.66. The second-order valence-corrected chi connectivity index (χ2v) is 7.51. The highest BCUT2D eigenvalue weighted by Gasteiger charge is 2.18. The van der Waals surface area contributed by atoms with Gasteiger partial charge >= 0.3 is 5.97 Å². The van der Waals surface area contributed by atoms with Gasteiger partial charge in [-0.05, 0) is 47.9 Å². The molecule has 0 heterocycles. The average Bonchev–Trinajstić information content (AvgIpc) is 2.62. The Hall–Kier alpha value is -3.12. The molecule has 3 aromatic carbocycles. The van der Waals surface area contributed by atoms with Gasteiger partial charge in [0.1, 0.15) is 0 Å². The van der Waals surface area contributed by atoms with E-state index in [0.717, 1.165) is 11.1 Å². The molecule has 132 valence electrons. The predicted octanol–water partition coefficient (Wildman–Crippen LogP) is 4.16. The van der Waals surface area contributed by atoms with E-state index >= 15 is 0 Å². The average molecular weight is 367 g/mol. The van der Waals surface area contributed by atoms with Gasteiger partial charge < -0.3 is 5.11 Å². The van der Waals surface area contributed by atoms with Crippen molar-refractivity contribution in [3.63, 3.8) is 0 Å². The number of benzene rings is 3. The summed E-state index contributed by atoms with van der Waals surface area (Å²) in [5.41, 5.74) is 2.88. The molecule has 0 bridgehead atoms. The molecule has 0 amide bonds. The van der Waals surface area contributed by atoms with Crippen LogP contribution in [0.3, 0.4) is 0 Å². The summed E-state index contributed by atoms with van der Waals surface area (Å²) in [6.07, 6.45) is 0. The highest BCUT2D eigenvalue weighted by atomic mass is 32.2. The summed E-state index contributed by atoms with van der Waals surface area (Å²) < 4.78 is 27.6. The summed E-state index contributed by atoms with van der Waals surface area (Å²) in [6, 6.07) is 20.8. The molecule has 0 spiro atoms. The van der Waals surface area contributed by atoms with E-state index in [4.69, 9.17) is 5.11 Å². The van der Waals surface area contributed by atoms with Crippen molar-refractivity contribution in [1.29, 1.82) is 0 Å². The van der Waals surface area contributed by atoms with Crippen molar-refractivity contribution >= 4 is 21.7 Å². The molecule has 0 saturated carbocycles. The number of hydrogen-bond donors (Lipinski definition) is 2. The molecule has 0 aromatic heterocycles. The zero-order chi connectivity index (χ0) is 18.7. The van der Waals surface area contributed by atoms with Crippen molar-refractivity contribution in [1.82, 2.24) is 0 Å². The molecular weight excluding hydrogens is 350 g/mol. The van der Waals surface area contributed by atoms with Crippen LogP contribution >= 0.6 is 0 Å². The molecule has 0 saturated heterocycles. The van der Waals surface area contributed by atoms with Crippen LogP contribution in [-0.2, 0) is 10.0 Å². The lowest BCUT2D eigenvalue weighted by atomic mass is 10.1. The highest BCUT2D eigenvalue weighted by molar-refractivity contribution is 7.92. The third-order valence-corrected chi connectivity index (χ3v) is 5.37. The first-order chi connectivity index (χ1) is 12.4. The van der Waals surface area contributed by atoms with Gasteiger partial charge in [0.15, 0.2) is 0 Å². The number of aryl methyl sites for hydroxylation is 1. The summed E-state index contributed by atoms with van der Waals surface area (Å²) in [5.74, 6) is -1.16. The molecule has 0 aliphatic rings. The van der Waals surface area contributed by atoms with Gasteiger partial charge in [-0.15, -0.1) is 0 Å². The van der Waals surface area contributed by atoms with Crippen molar-refractivity contribution in [2.45, 2.75) is 11.8 Å². The van der Waals surface area contributed by atoms with Crippen LogP contribution in [0.25, 0.3) is 11.1 Å². The van der Waals surface area contributed by atoms with Crippen molar-refractivity contribution in [3.05, 3.63) is 83.9 Å². The van der Waals surface area contributed by atoms with E-state index in [2.05, 4.69) is 4.72 Å². The zero-order valence-corrected chi connectivity index (χ0v) is 14.8. The summed E-state index contributed by atoms with van der Waals surface area (Å²) in [7, 11) is -3.88. The van der Waals surface area contributed by atoms with Gasteiger partial charge in [-0.3, -0.25) is 4.72 Å². The first-order valence-electron chi connectivity index (χ1n) is 7.89. The van der Waals surface area contributed by atoms with Crippen LogP contribution in [0.1, 0.15) is 15.9 Å². The van der Waals surface area contributed by atoms with Crippen LogP contribution in [0.15, 0.2) is 77.7 Å². The summed E-state index contributed by atoms with van der Waals surface area (Å²) in [6.45, 7) is 1.62. The van der Waals surface area contributed by atoms with E-state index in [1.807, 2.05) is 42.5 Å². The van der Waals surface area contributed by atoms with Gasteiger partial charge in [0.2, 0.25) is 0 Å². The van der Waals surface area contributed by atoms with Gasteiger partial charge in [-0.25, -0.2) is 13.2 Å². The molecule has 0 unspecified atom stereocenters. The monoisotopic (exact) mass is 367 g/mol. The molecule has 0 radical (unpaired) electrons. The number of hydrogen-bond acceptors (Lipinski definition) is 3. The van der Waals surface area contributed by atoms with E-state index in [1.54, 1.807) is 19.1 Å². The number of sulfonamides is 1. The first-order valence-corrected chi connectivity index (χ1v) is 9.37. The number of aromatic carboxylic acids is 1. The Kier molecular flexibility index (Phi) is 4.77. The molecule has 26 heavy (non-hydrogen) atoms. The number of carboxylic acids is 1. The minimum absolute atomic E-state index is 0.0349. The van der Waals surface area contributed by atoms with E-state index in [1.165, 1.54) is 18.2 Å². The zero-order valence-electron chi connectivity index (χ0n) is 14.0. The molecule has 0 atom stereocenters. The molecule has 6 heteroatoms. The Morgan fingerprint density at radius 2 is 1.50 bits per heavy atom. The Balaban J connectivity index is 1.86. The van der Waals surface area contributed by atoms with Crippen LogP contribution in [-0.4, -0.2) is 19.5 Å². The third-order valence-electron chi connectivity index (χ3n) is 3.99. The number of anilines is 1. The summed E-state index contributed by atoms with van der Waals surface area (Å²) in [4.78, 5) is 11.1. The lowest BCUT2D eigenvalue weighted by molar-refractivity contribution is 0.0696. The van der Waals surface area contributed by atoms with Crippen LogP contribution in [0.2, 0.25) is 0 Å². The molecule has 0 aliphatic carbocycles. The highest BCUT2D eigenvalue weighted by Crippen LogP contribution is 2.23. The Labute approximate surface area is 152 Å².